The summed E-state index contributed by atoms with van der Waals surface area (Å²) in [5.74, 6) is 2.21. The number of furan rings is 1. The summed E-state index contributed by atoms with van der Waals surface area (Å²) in [5, 5.41) is 4.76. The number of pyridine rings is 1. The molecule has 2 N–H and O–H groups in total. The number of nitrogens with zero attached hydrogens (tertiary/aromatic N) is 1. The third kappa shape index (κ3) is 4.49. The van der Waals surface area contributed by atoms with Crippen LogP contribution in [0.1, 0.15) is 28.0 Å². The van der Waals surface area contributed by atoms with E-state index < -0.39 is 0 Å². The molecule has 0 unspecified atom stereocenters. The molecule has 4 aromatic rings. The van der Waals surface area contributed by atoms with Crippen molar-refractivity contribution in [1.29, 1.82) is 0 Å². The number of hydrogen-bond donors (Lipinski definition) is 2. The Labute approximate surface area is 202 Å². The van der Waals surface area contributed by atoms with E-state index in [1.165, 1.54) is 0 Å². The summed E-state index contributed by atoms with van der Waals surface area (Å²) in [5.41, 5.74) is 4.60. The molecule has 0 aliphatic carbocycles. The predicted molar refractivity (Wildman–Crippen MR) is 134 cm³/mol. The van der Waals surface area contributed by atoms with Crippen LogP contribution in [0.4, 0.5) is 0 Å². The number of thiocarbonyl (C=S) groups is 1. The molecule has 0 spiro atoms. The quantitative estimate of drug-likeness (QED) is 0.396. The van der Waals surface area contributed by atoms with Crippen molar-refractivity contribution in [1.82, 2.24) is 15.2 Å². The highest BCUT2D eigenvalue weighted by molar-refractivity contribution is 7.80. The average molecular weight is 476 g/mol. The Bertz CT molecular complexity index is 1410. The van der Waals surface area contributed by atoms with Crippen molar-refractivity contribution in [3.63, 3.8) is 0 Å². The number of hydrogen-bond acceptors (Lipinski definition) is 5. The lowest BCUT2D eigenvalue weighted by atomic mass is 10.0. The molecule has 0 saturated carbocycles. The lowest BCUT2D eigenvalue weighted by Gasteiger charge is -2.26. The van der Waals surface area contributed by atoms with Gasteiger partial charge in [0, 0.05) is 12.1 Å². The maximum atomic E-state index is 13.0. The van der Waals surface area contributed by atoms with Gasteiger partial charge in [-0.2, -0.15) is 0 Å². The van der Waals surface area contributed by atoms with Crippen LogP contribution in [0, 0.1) is 13.8 Å². The Balaban J connectivity index is 1.43. The van der Waals surface area contributed by atoms with E-state index in [4.69, 9.17) is 26.1 Å². The van der Waals surface area contributed by atoms with Crippen LogP contribution in [0.25, 0.3) is 10.9 Å². The van der Waals surface area contributed by atoms with Crippen LogP contribution in [0.15, 0.2) is 64.0 Å². The zero-order valence-electron chi connectivity index (χ0n) is 19.0. The monoisotopic (exact) mass is 475 g/mol. The van der Waals surface area contributed by atoms with E-state index in [0.717, 1.165) is 39.1 Å². The van der Waals surface area contributed by atoms with Crippen molar-refractivity contribution in [2.75, 3.05) is 6.79 Å². The summed E-state index contributed by atoms with van der Waals surface area (Å²) in [4.78, 5) is 18.0. The minimum Gasteiger partial charge on any atom is -0.467 e. The van der Waals surface area contributed by atoms with Gasteiger partial charge in [0.1, 0.15) is 5.76 Å². The van der Waals surface area contributed by atoms with Gasteiger partial charge in [-0.1, -0.05) is 18.2 Å². The molecule has 34 heavy (non-hydrogen) atoms. The normalized spacial score (nSPS) is 12.2. The van der Waals surface area contributed by atoms with Gasteiger partial charge >= 0.3 is 0 Å². The highest BCUT2D eigenvalue weighted by atomic mass is 32.1. The van der Waals surface area contributed by atoms with Gasteiger partial charge in [-0.25, -0.2) is 0 Å². The second kappa shape index (κ2) is 9.23. The zero-order chi connectivity index (χ0) is 23.7. The number of aryl methyl sites for hydroxylation is 2. The number of fused-ring (bicyclic) bond motifs is 2. The molecule has 2 aromatic carbocycles. The van der Waals surface area contributed by atoms with Gasteiger partial charge in [-0.3, -0.25) is 4.79 Å². The second-order valence-electron chi connectivity index (χ2n) is 8.38. The number of nitrogens with one attached hydrogen (secondary N) is 2. The van der Waals surface area contributed by atoms with Crippen molar-refractivity contribution in [2.24, 2.45) is 0 Å². The number of benzene rings is 2. The van der Waals surface area contributed by atoms with Gasteiger partial charge in [0.2, 0.25) is 6.79 Å². The molecule has 8 heteroatoms. The molecule has 174 valence electrons. The molecule has 0 radical (unpaired) electrons. The first-order valence-electron chi connectivity index (χ1n) is 11.0. The maximum absolute atomic E-state index is 13.0. The molecule has 0 amide bonds. The van der Waals surface area contributed by atoms with Gasteiger partial charge < -0.3 is 29.1 Å². The van der Waals surface area contributed by atoms with Crippen molar-refractivity contribution >= 4 is 28.2 Å². The minimum atomic E-state index is -0.120. The Morgan fingerprint density at radius 1 is 1.09 bits per heavy atom. The summed E-state index contributed by atoms with van der Waals surface area (Å²) in [6.45, 7) is 5.57. The van der Waals surface area contributed by atoms with E-state index in [1.807, 2.05) is 61.2 Å². The first kappa shape index (κ1) is 22.0. The number of H-pyrrole nitrogens is 1. The van der Waals surface area contributed by atoms with Gasteiger partial charge in [-0.05, 0) is 78.5 Å². The molecule has 0 fully saturated rings. The molecule has 2 aromatic heterocycles. The van der Waals surface area contributed by atoms with Gasteiger partial charge in [0.05, 0.1) is 24.9 Å². The highest BCUT2D eigenvalue weighted by Gasteiger charge is 2.18. The molecule has 3 heterocycles. The minimum absolute atomic E-state index is 0.120. The summed E-state index contributed by atoms with van der Waals surface area (Å²) in [6.07, 6.45) is 1.63. The summed E-state index contributed by atoms with van der Waals surface area (Å²) < 4.78 is 16.4. The summed E-state index contributed by atoms with van der Waals surface area (Å²) >= 11 is 5.73. The van der Waals surface area contributed by atoms with Crippen molar-refractivity contribution < 1.29 is 13.9 Å². The summed E-state index contributed by atoms with van der Waals surface area (Å²) in [7, 11) is 0. The van der Waals surface area contributed by atoms with Gasteiger partial charge in [0.15, 0.2) is 16.6 Å². The molecule has 0 bridgehead atoms. The fourth-order valence-electron chi connectivity index (χ4n) is 4.04. The van der Waals surface area contributed by atoms with Crippen LogP contribution in [0.5, 0.6) is 11.5 Å². The SMILES string of the molecule is Cc1ccc2cc(CN(Cc3ccc4c(c3)OCO4)C(=S)NCc3ccco3)c(=O)[nH]c2c1C. The highest BCUT2D eigenvalue weighted by Crippen LogP contribution is 2.33. The van der Waals surface area contributed by atoms with Crippen LogP contribution in [0.2, 0.25) is 0 Å². The third-order valence-electron chi connectivity index (χ3n) is 6.08. The molecular formula is C26H25N3O4S. The Hall–Kier alpha value is -3.78. The van der Waals surface area contributed by atoms with E-state index in [9.17, 15) is 4.79 Å². The van der Waals surface area contributed by atoms with Crippen LogP contribution in [0.3, 0.4) is 0 Å². The maximum Gasteiger partial charge on any atom is 0.253 e. The van der Waals surface area contributed by atoms with Crippen LogP contribution in [-0.4, -0.2) is 21.8 Å². The first-order valence-corrected chi connectivity index (χ1v) is 11.4. The molecule has 5 rings (SSSR count). The van der Waals surface area contributed by atoms with Crippen LogP contribution in [-0.2, 0) is 19.6 Å². The van der Waals surface area contributed by atoms with Crippen molar-refractivity contribution in [3.8, 4) is 11.5 Å². The number of ether oxygens (including phenoxy) is 2. The average Bonchev–Trinajstić information content (AvgIpc) is 3.52. The smallest absolute Gasteiger partial charge is 0.253 e. The predicted octanol–water partition coefficient (Wildman–Crippen LogP) is 4.54. The lowest BCUT2D eigenvalue weighted by molar-refractivity contribution is 0.174. The number of rotatable bonds is 6. The molecule has 0 saturated heterocycles. The van der Waals surface area contributed by atoms with Crippen molar-refractivity contribution in [2.45, 2.75) is 33.5 Å². The molecule has 0 atom stereocenters. The van der Waals surface area contributed by atoms with Crippen LogP contribution < -0.4 is 20.3 Å². The lowest BCUT2D eigenvalue weighted by Crippen LogP contribution is -2.39. The number of aromatic nitrogens is 1. The number of aromatic amines is 1. The van der Waals surface area contributed by atoms with Crippen molar-refractivity contribution in [3.05, 3.63) is 93.2 Å². The van der Waals surface area contributed by atoms with E-state index in [1.54, 1.807) is 6.26 Å². The van der Waals surface area contributed by atoms with Crippen LogP contribution >= 0.6 is 12.2 Å². The standard InChI is InChI=1S/C26H25N3O4S/c1-16-5-7-19-11-20(25(30)28-24(19)17(16)2)14-29(26(34)27-12-21-4-3-9-31-21)13-18-6-8-22-23(10-18)33-15-32-22/h3-11H,12-15H2,1-2H3,(H,27,34)(H,28,30). The fraction of sp³-hybridized carbons (Fsp3) is 0.231. The fourth-order valence-corrected chi connectivity index (χ4v) is 4.24. The Morgan fingerprint density at radius 2 is 1.94 bits per heavy atom. The van der Waals surface area contributed by atoms with E-state index in [-0.39, 0.29) is 12.4 Å². The van der Waals surface area contributed by atoms with E-state index in [0.29, 0.717) is 36.1 Å². The van der Waals surface area contributed by atoms with E-state index >= 15 is 0 Å². The topological polar surface area (TPSA) is 79.7 Å². The van der Waals surface area contributed by atoms with Gasteiger partial charge in [-0.15, -0.1) is 0 Å². The summed E-state index contributed by atoms with van der Waals surface area (Å²) in [6, 6.07) is 15.6. The molecule has 7 nitrogen and oxygen atoms in total. The molecular weight excluding hydrogens is 450 g/mol. The largest absolute Gasteiger partial charge is 0.467 e. The second-order valence-corrected chi connectivity index (χ2v) is 8.76. The Morgan fingerprint density at radius 3 is 2.76 bits per heavy atom. The molecule has 1 aliphatic rings. The van der Waals surface area contributed by atoms with E-state index in [2.05, 4.69) is 16.4 Å². The molecule has 1 aliphatic heterocycles. The van der Waals surface area contributed by atoms with Gasteiger partial charge in [0.25, 0.3) is 5.56 Å². The Kier molecular flexibility index (Phi) is 5.98. The first-order chi connectivity index (χ1) is 16.5. The third-order valence-corrected chi connectivity index (χ3v) is 6.48. The zero-order valence-corrected chi connectivity index (χ0v) is 19.8.